The number of hydrogen-bond acceptors (Lipinski definition) is 1. The van der Waals surface area contributed by atoms with Crippen molar-refractivity contribution < 1.29 is 0 Å². The van der Waals surface area contributed by atoms with Crippen molar-refractivity contribution in [3.8, 4) is 22.4 Å². The third kappa shape index (κ3) is 1.99. The number of benzene rings is 3. The lowest BCUT2D eigenvalue weighted by atomic mass is 9.79. The summed E-state index contributed by atoms with van der Waals surface area (Å²) in [7, 11) is 0. The van der Waals surface area contributed by atoms with Crippen molar-refractivity contribution in [3.05, 3.63) is 90.1 Å². The molecule has 5 rings (SSSR count). The van der Waals surface area contributed by atoms with Crippen LogP contribution in [0.1, 0.15) is 25.0 Å². The highest BCUT2D eigenvalue weighted by Crippen LogP contribution is 2.51. The van der Waals surface area contributed by atoms with Crippen LogP contribution >= 0.6 is 0 Å². The molecule has 0 atom stereocenters. The average molecular weight is 321 g/mol. The Kier molecular flexibility index (Phi) is 2.90. The number of aromatic nitrogens is 1. The maximum Gasteiger partial charge on any atom is 0.0711 e. The van der Waals surface area contributed by atoms with Crippen LogP contribution in [-0.2, 0) is 5.41 Å². The van der Waals surface area contributed by atoms with Crippen LogP contribution in [-0.4, -0.2) is 4.98 Å². The van der Waals surface area contributed by atoms with Gasteiger partial charge in [-0.25, -0.2) is 0 Å². The van der Waals surface area contributed by atoms with Crippen molar-refractivity contribution in [2.24, 2.45) is 0 Å². The third-order valence-corrected chi connectivity index (χ3v) is 5.49. The molecule has 0 aliphatic heterocycles. The van der Waals surface area contributed by atoms with Crippen molar-refractivity contribution >= 4 is 10.8 Å². The molecule has 1 aromatic heterocycles. The second-order valence-corrected chi connectivity index (χ2v) is 7.32. The number of nitrogens with zero attached hydrogens (tertiary/aromatic N) is 1. The van der Waals surface area contributed by atoms with Crippen molar-refractivity contribution in [2.75, 3.05) is 0 Å². The van der Waals surface area contributed by atoms with E-state index >= 15 is 0 Å². The lowest BCUT2D eigenvalue weighted by Gasteiger charge is -2.24. The van der Waals surface area contributed by atoms with Crippen LogP contribution < -0.4 is 0 Å². The van der Waals surface area contributed by atoms with Crippen molar-refractivity contribution in [3.63, 3.8) is 0 Å². The molecule has 3 aromatic carbocycles. The van der Waals surface area contributed by atoms with E-state index in [1.165, 1.54) is 38.6 Å². The second kappa shape index (κ2) is 5.03. The van der Waals surface area contributed by atoms with Crippen molar-refractivity contribution in [1.82, 2.24) is 4.98 Å². The van der Waals surface area contributed by atoms with E-state index < -0.39 is 0 Å². The first-order valence-corrected chi connectivity index (χ1v) is 8.75. The lowest BCUT2D eigenvalue weighted by molar-refractivity contribution is 0.662. The van der Waals surface area contributed by atoms with Gasteiger partial charge in [0.2, 0.25) is 0 Å². The molecule has 0 spiro atoms. The minimum absolute atomic E-state index is 0.0180. The normalized spacial score (nSPS) is 14.3. The summed E-state index contributed by atoms with van der Waals surface area (Å²) >= 11 is 0. The summed E-state index contributed by atoms with van der Waals surface area (Å²) in [6, 6.07) is 26.0. The average Bonchev–Trinajstić information content (AvgIpc) is 2.90. The molecule has 1 aliphatic carbocycles. The Balaban J connectivity index is 1.80. The fraction of sp³-hybridized carbons (Fsp3) is 0.125. The fourth-order valence-electron chi connectivity index (χ4n) is 4.29. The zero-order chi connectivity index (χ0) is 17.0. The van der Waals surface area contributed by atoms with Crippen molar-refractivity contribution in [2.45, 2.75) is 19.3 Å². The molecule has 25 heavy (non-hydrogen) atoms. The minimum Gasteiger partial charge on any atom is -0.256 e. The van der Waals surface area contributed by atoms with E-state index in [2.05, 4.69) is 86.6 Å². The SMILES string of the molecule is CC1(C)c2ccccc2-c2cccc(-c3cc4ccccc4cn3)c21. The van der Waals surface area contributed by atoms with Gasteiger partial charge in [-0.05, 0) is 33.7 Å². The second-order valence-electron chi connectivity index (χ2n) is 7.32. The van der Waals surface area contributed by atoms with Crippen LogP contribution in [0.15, 0.2) is 79.0 Å². The molecule has 0 saturated heterocycles. The van der Waals surface area contributed by atoms with Gasteiger partial charge in [-0.2, -0.15) is 0 Å². The van der Waals surface area contributed by atoms with Gasteiger partial charge in [0.1, 0.15) is 0 Å². The van der Waals surface area contributed by atoms with Gasteiger partial charge in [-0.1, -0.05) is 80.6 Å². The Bertz CT molecular complexity index is 1120. The fourth-order valence-corrected chi connectivity index (χ4v) is 4.29. The standard InChI is InChI=1S/C24H19N/c1-24(2)21-13-6-5-10-18(21)19-11-7-12-20(23(19)24)22-14-16-8-3-4-9-17(16)15-25-22/h3-15H,1-2H3. The molecule has 0 fully saturated rings. The highest BCUT2D eigenvalue weighted by atomic mass is 14.7. The van der Waals surface area contributed by atoms with E-state index in [1.807, 2.05) is 6.20 Å². The van der Waals surface area contributed by atoms with Crippen LogP contribution in [0.2, 0.25) is 0 Å². The zero-order valence-corrected chi connectivity index (χ0v) is 14.5. The van der Waals surface area contributed by atoms with E-state index in [1.54, 1.807) is 0 Å². The van der Waals surface area contributed by atoms with Gasteiger partial charge in [0.25, 0.3) is 0 Å². The first-order chi connectivity index (χ1) is 12.2. The molecule has 0 amide bonds. The maximum absolute atomic E-state index is 4.78. The van der Waals surface area contributed by atoms with Crippen LogP contribution in [0.4, 0.5) is 0 Å². The van der Waals surface area contributed by atoms with Crippen LogP contribution in [0.3, 0.4) is 0 Å². The Morgan fingerprint density at radius 3 is 2.24 bits per heavy atom. The molecule has 1 heterocycles. The topological polar surface area (TPSA) is 12.9 Å². The highest BCUT2D eigenvalue weighted by molar-refractivity contribution is 5.90. The van der Waals surface area contributed by atoms with Gasteiger partial charge in [-0.3, -0.25) is 4.98 Å². The van der Waals surface area contributed by atoms with E-state index in [4.69, 9.17) is 4.98 Å². The Morgan fingerprint density at radius 1 is 0.680 bits per heavy atom. The molecular formula is C24H19N. The van der Waals surface area contributed by atoms with Gasteiger partial charge in [-0.15, -0.1) is 0 Å². The van der Waals surface area contributed by atoms with E-state index in [9.17, 15) is 0 Å². The lowest BCUT2D eigenvalue weighted by Crippen LogP contribution is -2.16. The van der Waals surface area contributed by atoms with Crippen LogP contribution in [0.25, 0.3) is 33.2 Å². The van der Waals surface area contributed by atoms with Gasteiger partial charge in [0.15, 0.2) is 0 Å². The first kappa shape index (κ1) is 14.4. The molecule has 0 saturated carbocycles. The molecule has 4 aromatic rings. The van der Waals surface area contributed by atoms with E-state index in [0.29, 0.717) is 0 Å². The smallest absolute Gasteiger partial charge is 0.0711 e. The predicted molar refractivity (Wildman–Crippen MR) is 105 cm³/mol. The molecular weight excluding hydrogens is 302 g/mol. The van der Waals surface area contributed by atoms with Gasteiger partial charge in [0.05, 0.1) is 5.69 Å². The van der Waals surface area contributed by atoms with E-state index in [-0.39, 0.29) is 5.41 Å². The summed E-state index contributed by atoms with van der Waals surface area (Å²) in [5.41, 5.74) is 7.76. The summed E-state index contributed by atoms with van der Waals surface area (Å²) in [5.74, 6) is 0. The van der Waals surface area contributed by atoms with Crippen LogP contribution in [0, 0.1) is 0 Å². The highest BCUT2D eigenvalue weighted by Gasteiger charge is 2.37. The largest absolute Gasteiger partial charge is 0.256 e. The Hall–Kier alpha value is -2.93. The number of rotatable bonds is 1. The molecule has 0 radical (unpaired) electrons. The molecule has 1 aliphatic rings. The van der Waals surface area contributed by atoms with Crippen LogP contribution in [0.5, 0.6) is 0 Å². The maximum atomic E-state index is 4.78. The summed E-state index contributed by atoms with van der Waals surface area (Å²) in [6.45, 7) is 4.64. The molecule has 0 bridgehead atoms. The van der Waals surface area contributed by atoms with Gasteiger partial charge < -0.3 is 0 Å². The predicted octanol–water partition coefficient (Wildman–Crippen LogP) is 6.21. The number of pyridine rings is 1. The summed E-state index contributed by atoms with van der Waals surface area (Å²) in [6.07, 6.45) is 1.99. The van der Waals surface area contributed by atoms with Crippen molar-refractivity contribution in [1.29, 1.82) is 0 Å². The number of hydrogen-bond donors (Lipinski definition) is 0. The Labute approximate surface area is 148 Å². The van der Waals surface area contributed by atoms with Gasteiger partial charge >= 0.3 is 0 Å². The quantitative estimate of drug-likeness (QED) is 0.406. The zero-order valence-electron chi connectivity index (χ0n) is 14.5. The first-order valence-electron chi connectivity index (χ1n) is 8.75. The molecule has 0 N–H and O–H groups in total. The number of fused-ring (bicyclic) bond motifs is 4. The molecule has 1 heteroatoms. The van der Waals surface area contributed by atoms with E-state index in [0.717, 1.165) is 5.69 Å². The molecule has 0 unspecified atom stereocenters. The van der Waals surface area contributed by atoms with Gasteiger partial charge in [0, 0.05) is 22.6 Å². The minimum atomic E-state index is -0.0180. The Morgan fingerprint density at radius 2 is 1.36 bits per heavy atom. The third-order valence-electron chi connectivity index (χ3n) is 5.49. The summed E-state index contributed by atoms with van der Waals surface area (Å²) in [4.78, 5) is 4.78. The summed E-state index contributed by atoms with van der Waals surface area (Å²) in [5, 5.41) is 2.42. The molecule has 120 valence electrons. The monoisotopic (exact) mass is 321 g/mol. The summed E-state index contributed by atoms with van der Waals surface area (Å²) < 4.78 is 0. The molecule has 1 nitrogen and oxygen atoms in total.